The lowest BCUT2D eigenvalue weighted by atomic mass is 9.62. The number of ether oxygens (including phenoxy) is 1. The van der Waals surface area contributed by atoms with Gasteiger partial charge in [-0.25, -0.2) is 13.6 Å². The van der Waals surface area contributed by atoms with E-state index in [0.29, 0.717) is 0 Å². The molecule has 10 heteroatoms. The molecule has 2 aromatic carbocycles. The van der Waals surface area contributed by atoms with Gasteiger partial charge in [0.1, 0.15) is 22.7 Å². The molecule has 3 rings (SSSR count). The van der Waals surface area contributed by atoms with Crippen molar-refractivity contribution in [2.45, 2.75) is 83.0 Å². The summed E-state index contributed by atoms with van der Waals surface area (Å²) in [6.45, 7) is 10.7. The Morgan fingerprint density at radius 2 is 1.79 bits per heavy atom. The first kappa shape index (κ1) is 31.0. The highest BCUT2D eigenvalue weighted by molar-refractivity contribution is 6.31. The topological polar surface area (TPSA) is 105 Å². The summed E-state index contributed by atoms with van der Waals surface area (Å²) in [5.74, 6) is -4.76. The van der Waals surface area contributed by atoms with Crippen LogP contribution in [0.25, 0.3) is 0 Å². The van der Waals surface area contributed by atoms with Crippen LogP contribution < -0.4 is 11.1 Å². The van der Waals surface area contributed by atoms with Crippen molar-refractivity contribution in [2.75, 3.05) is 0 Å². The molecular weight excluding hydrogens is 547 g/mol. The maximum atomic E-state index is 15.7. The fourth-order valence-electron chi connectivity index (χ4n) is 5.25. The molecule has 1 fully saturated rings. The van der Waals surface area contributed by atoms with Crippen LogP contribution in [0, 0.1) is 28.4 Å². The number of carbonyl (C=O) groups excluding carboxylic acids is 2. The number of nitrogens with one attached hydrogen (secondary N) is 1. The van der Waals surface area contributed by atoms with Gasteiger partial charge in [-0.05, 0) is 56.4 Å². The summed E-state index contributed by atoms with van der Waals surface area (Å²) in [6.07, 6.45) is 0.284. The number of rotatable bonds is 6. The molecule has 39 heavy (non-hydrogen) atoms. The summed E-state index contributed by atoms with van der Waals surface area (Å²) >= 11 is 12.2. The number of nitriles is 1. The molecule has 1 aliphatic rings. The van der Waals surface area contributed by atoms with Crippen LogP contribution in [0.4, 0.5) is 8.78 Å². The van der Waals surface area contributed by atoms with E-state index in [1.807, 2.05) is 20.8 Å². The molecule has 0 aliphatic carbocycles. The van der Waals surface area contributed by atoms with Gasteiger partial charge in [-0.3, -0.25) is 4.79 Å². The molecule has 2 aromatic rings. The van der Waals surface area contributed by atoms with Crippen molar-refractivity contribution >= 4 is 35.0 Å². The Labute approximate surface area is 237 Å². The third-order valence-corrected chi connectivity index (χ3v) is 7.25. The van der Waals surface area contributed by atoms with Crippen LogP contribution in [0.3, 0.4) is 0 Å². The van der Waals surface area contributed by atoms with Crippen molar-refractivity contribution in [3.63, 3.8) is 0 Å². The third-order valence-electron chi connectivity index (χ3n) is 6.72. The molecule has 1 heterocycles. The van der Waals surface area contributed by atoms with E-state index in [1.54, 1.807) is 20.8 Å². The predicted octanol–water partition coefficient (Wildman–Crippen LogP) is 5.83. The number of halogens is 4. The molecule has 0 bridgehead atoms. The van der Waals surface area contributed by atoms with Gasteiger partial charge >= 0.3 is 5.97 Å². The van der Waals surface area contributed by atoms with Crippen LogP contribution >= 0.6 is 23.2 Å². The Morgan fingerprint density at radius 3 is 2.33 bits per heavy atom. The van der Waals surface area contributed by atoms with Crippen molar-refractivity contribution in [1.82, 2.24) is 5.32 Å². The molecule has 1 aliphatic heterocycles. The highest BCUT2D eigenvalue weighted by Gasteiger charge is 2.61. The van der Waals surface area contributed by atoms with Crippen molar-refractivity contribution in [3.05, 3.63) is 69.2 Å². The van der Waals surface area contributed by atoms with Crippen LogP contribution in [0.2, 0.25) is 10.0 Å². The molecule has 210 valence electrons. The van der Waals surface area contributed by atoms with Crippen LogP contribution in [-0.2, 0) is 19.7 Å². The molecule has 0 radical (unpaired) electrons. The van der Waals surface area contributed by atoms with Gasteiger partial charge in [0.05, 0.1) is 17.1 Å². The average Bonchev–Trinajstić information content (AvgIpc) is 3.11. The molecule has 3 N–H and O–H groups in total. The van der Waals surface area contributed by atoms with Crippen LogP contribution in [0.15, 0.2) is 36.4 Å². The van der Waals surface area contributed by atoms with E-state index >= 15 is 8.78 Å². The van der Waals surface area contributed by atoms with Gasteiger partial charge < -0.3 is 15.8 Å². The van der Waals surface area contributed by atoms with E-state index in [9.17, 15) is 14.9 Å². The minimum atomic E-state index is -1.82. The maximum absolute atomic E-state index is 15.7. The van der Waals surface area contributed by atoms with Gasteiger partial charge in [0.25, 0.3) is 0 Å². The lowest BCUT2D eigenvalue weighted by Crippen LogP contribution is -2.52. The van der Waals surface area contributed by atoms with Gasteiger partial charge in [0, 0.05) is 22.5 Å². The number of carbonyl (C=O) groups is 2. The summed E-state index contributed by atoms with van der Waals surface area (Å²) in [5, 5.41) is 13.9. The molecule has 5 atom stereocenters. The average molecular weight is 581 g/mol. The molecule has 1 unspecified atom stereocenters. The van der Waals surface area contributed by atoms with Gasteiger partial charge in [-0.15, -0.1) is 0 Å². The van der Waals surface area contributed by atoms with E-state index < -0.39 is 63.9 Å². The zero-order valence-corrected chi connectivity index (χ0v) is 24.3. The van der Waals surface area contributed by atoms with Crippen LogP contribution in [0.5, 0.6) is 0 Å². The van der Waals surface area contributed by atoms with Gasteiger partial charge in [-0.1, -0.05) is 62.2 Å². The first-order valence-electron chi connectivity index (χ1n) is 12.5. The summed E-state index contributed by atoms with van der Waals surface area (Å²) in [5.41, 5.74) is 2.78. The van der Waals surface area contributed by atoms with Crippen molar-refractivity contribution < 1.29 is 23.1 Å². The van der Waals surface area contributed by atoms with Crippen molar-refractivity contribution in [1.29, 1.82) is 5.26 Å². The lowest BCUT2D eigenvalue weighted by Gasteiger charge is -2.37. The summed E-state index contributed by atoms with van der Waals surface area (Å²) in [7, 11) is 0. The zero-order valence-electron chi connectivity index (χ0n) is 22.7. The predicted molar refractivity (Wildman–Crippen MR) is 146 cm³/mol. The number of esters is 1. The molecule has 0 spiro atoms. The Bertz CT molecular complexity index is 1320. The summed E-state index contributed by atoms with van der Waals surface area (Å²) < 4.78 is 36.6. The monoisotopic (exact) mass is 579 g/mol. The molecule has 0 saturated carbocycles. The minimum Gasteiger partial charge on any atom is -0.458 e. The van der Waals surface area contributed by atoms with Gasteiger partial charge in [-0.2, -0.15) is 5.26 Å². The first-order valence-corrected chi connectivity index (χ1v) is 13.3. The van der Waals surface area contributed by atoms with Crippen molar-refractivity contribution in [3.8, 4) is 6.07 Å². The van der Waals surface area contributed by atoms with Crippen LogP contribution in [-0.4, -0.2) is 35.5 Å². The van der Waals surface area contributed by atoms with E-state index in [1.165, 1.54) is 30.3 Å². The Balaban J connectivity index is 2.33. The quantitative estimate of drug-likeness (QED) is 0.329. The highest BCUT2D eigenvalue weighted by atomic mass is 35.5. The molecule has 0 aromatic heterocycles. The number of Topliss-reactive ketones (excluding diaryl/α,β-unsaturated/α-hetero) is 1. The third kappa shape index (κ3) is 6.28. The number of hydrogen-bond donors (Lipinski definition) is 2. The van der Waals surface area contributed by atoms with E-state index in [2.05, 4.69) is 11.4 Å². The smallest absolute Gasteiger partial charge is 0.331 e. The van der Waals surface area contributed by atoms with Crippen LogP contribution in [0.1, 0.15) is 65.0 Å². The first-order chi connectivity index (χ1) is 17.9. The van der Waals surface area contributed by atoms with E-state index in [-0.39, 0.29) is 27.6 Å². The Morgan fingerprint density at radius 1 is 1.15 bits per heavy atom. The number of hydrogen-bond acceptors (Lipinski definition) is 6. The maximum Gasteiger partial charge on any atom is 0.331 e. The number of nitrogens with two attached hydrogens (primary N) is 1. The number of nitrogens with zero attached hydrogens (tertiary/aromatic N) is 1. The second-order valence-electron chi connectivity index (χ2n) is 12.1. The van der Waals surface area contributed by atoms with Crippen molar-refractivity contribution in [2.24, 2.45) is 11.1 Å². The minimum absolute atomic E-state index is 0.0679. The SMILES string of the molecule is CC(C)(C)C[C@@H]1N[C@@H](C(=O)C(N)C(=O)OC(C)(C)C)[C@H](c2cccc(Cl)c2F)[C@@]1(C#N)c1ccc(Cl)cc1F. The molecular formula is C29H33Cl2F2N3O3. The Hall–Kier alpha value is -2.57. The Kier molecular flexibility index (Phi) is 8.84. The lowest BCUT2D eigenvalue weighted by molar-refractivity contribution is -0.158. The van der Waals surface area contributed by atoms with Gasteiger partial charge in [0.2, 0.25) is 0 Å². The highest BCUT2D eigenvalue weighted by Crippen LogP contribution is 2.53. The summed E-state index contributed by atoms with van der Waals surface area (Å²) in [4.78, 5) is 26.7. The molecule has 1 saturated heterocycles. The zero-order chi connectivity index (χ0) is 29.5. The second kappa shape index (κ2) is 11.1. The fraction of sp³-hybridized carbons (Fsp3) is 0.483. The van der Waals surface area contributed by atoms with Gasteiger partial charge in [0.15, 0.2) is 11.8 Å². The van der Waals surface area contributed by atoms with E-state index in [0.717, 1.165) is 6.07 Å². The fourth-order valence-corrected chi connectivity index (χ4v) is 5.59. The standard InChI is InChI=1S/C29H33Cl2F2N3O3/c1-27(2,3)13-20-29(14-34,17-11-10-15(30)12-19(17)32)21(16-8-7-9-18(31)22(16)33)24(36-20)25(37)23(35)26(38)39-28(4,5)6/h7-12,20-21,23-24,36H,13,35H2,1-6H3/t20-,21-,23?,24+,29-/m0/s1. The molecule has 0 amide bonds. The normalized spacial score (nSPS) is 24.2. The number of benzene rings is 2. The number of ketones is 1. The van der Waals surface area contributed by atoms with E-state index in [4.69, 9.17) is 33.7 Å². The molecule has 6 nitrogen and oxygen atoms in total. The summed E-state index contributed by atoms with van der Waals surface area (Å²) in [6, 6.07) is 6.36. The second-order valence-corrected chi connectivity index (χ2v) is 12.9. The largest absolute Gasteiger partial charge is 0.458 e.